The third kappa shape index (κ3) is 3.32. The van der Waals surface area contributed by atoms with E-state index in [0.29, 0.717) is 11.3 Å². The number of benzene rings is 1. The van der Waals surface area contributed by atoms with Crippen LogP contribution in [0.15, 0.2) is 40.2 Å². The summed E-state index contributed by atoms with van der Waals surface area (Å²) < 4.78 is 1.53. The van der Waals surface area contributed by atoms with Crippen molar-refractivity contribution in [2.75, 3.05) is 0 Å². The maximum absolute atomic E-state index is 12.8. The fourth-order valence-electron chi connectivity index (χ4n) is 2.68. The summed E-state index contributed by atoms with van der Waals surface area (Å²) >= 11 is 0. The number of rotatable bonds is 6. The van der Waals surface area contributed by atoms with Gasteiger partial charge in [-0.05, 0) is 38.3 Å². The minimum absolute atomic E-state index is 0.0645. The lowest BCUT2D eigenvalue weighted by Gasteiger charge is -2.01. The minimum atomic E-state index is -0.147. The van der Waals surface area contributed by atoms with Gasteiger partial charge in [0.25, 0.3) is 5.56 Å². The van der Waals surface area contributed by atoms with E-state index >= 15 is 0 Å². The van der Waals surface area contributed by atoms with Crippen molar-refractivity contribution >= 4 is 11.6 Å². The van der Waals surface area contributed by atoms with Gasteiger partial charge in [0.1, 0.15) is 0 Å². The number of hydrogen-bond donors (Lipinski definition) is 2. The van der Waals surface area contributed by atoms with Gasteiger partial charge in [-0.25, -0.2) is 10.1 Å². The molecule has 1 saturated carbocycles. The van der Waals surface area contributed by atoms with Crippen molar-refractivity contribution in [2.24, 2.45) is 11.0 Å². The van der Waals surface area contributed by atoms with Gasteiger partial charge in [0.15, 0.2) is 0 Å². The Labute approximate surface area is 140 Å². The highest BCUT2D eigenvalue weighted by atomic mass is 16.2. The molecule has 0 saturated heterocycles. The molecule has 0 radical (unpaired) electrons. The number of amides is 1. The summed E-state index contributed by atoms with van der Waals surface area (Å²) in [5, 5.41) is 7.33. The van der Waals surface area contributed by atoms with Gasteiger partial charge >= 0.3 is 0 Å². The van der Waals surface area contributed by atoms with Crippen LogP contribution in [0.1, 0.15) is 44.4 Å². The van der Waals surface area contributed by atoms with Crippen LogP contribution >= 0.6 is 0 Å². The molecule has 6 nitrogen and oxygen atoms in total. The highest BCUT2D eigenvalue weighted by Gasteiger charge is 2.29. The van der Waals surface area contributed by atoms with Gasteiger partial charge in [0.2, 0.25) is 5.91 Å². The molecule has 0 aliphatic heterocycles. The number of carbonyl (C=O) groups is 1. The van der Waals surface area contributed by atoms with E-state index in [4.69, 9.17) is 0 Å². The fourth-order valence-corrected chi connectivity index (χ4v) is 2.68. The Morgan fingerprint density at radius 1 is 1.33 bits per heavy atom. The summed E-state index contributed by atoms with van der Waals surface area (Å²) in [6, 6.07) is 9.43. The first-order valence-corrected chi connectivity index (χ1v) is 8.35. The van der Waals surface area contributed by atoms with Gasteiger partial charge < -0.3 is 0 Å². The smallest absolute Gasteiger partial charge is 0.280 e. The van der Waals surface area contributed by atoms with Crippen molar-refractivity contribution in [3.05, 3.63) is 51.9 Å². The first-order valence-electron chi connectivity index (χ1n) is 8.35. The Bertz CT molecular complexity index is 813. The molecule has 24 heavy (non-hydrogen) atoms. The average Bonchev–Trinajstić information content (AvgIpc) is 3.38. The Hall–Kier alpha value is -2.63. The molecule has 0 unspecified atom stereocenters. The SMILES string of the molecule is CCCc1[nH]n(-c2ccccc2)c(=O)c1C(C)=NNC(=O)C1CC1. The maximum Gasteiger partial charge on any atom is 0.280 e. The highest BCUT2D eigenvalue weighted by molar-refractivity contribution is 6.00. The van der Waals surface area contributed by atoms with Crippen molar-refractivity contribution in [3.63, 3.8) is 0 Å². The molecule has 1 aliphatic carbocycles. The van der Waals surface area contributed by atoms with Gasteiger partial charge in [0.05, 0.1) is 17.0 Å². The van der Waals surface area contributed by atoms with Crippen LogP contribution in [0.25, 0.3) is 5.69 Å². The molecule has 1 heterocycles. The number of nitrogens with zero attached hydrogens (tertiary/aromatic N) is 2. The zero-order chi connectivity index (χ0) is 17.1. The van der Waals surface area contributed by atoms with E-state index in [-0.39, 0.29) is 17.4 Å². The lowest BCUT2D eigenvalue weighted by molar-refractivity contribution is -0.122. The fraction of sp³-hybridized carbons (Fsp3) is 0.389. The normalized spacial score (nSPS) is 14.7. The van der Waals surface area contributed by atoms with E-state index < -0.39 is 0 Å². The van der Waals surface area contributed by atoms with E-state index in [1.807, 2.05) is 30.3 Å². The number of carbonyl (C=O) groups excluding carboxylic acids is 1. The summed E-state index contributed by atoms with van der Waals surface area (Å²) in [7, 11) is 0. The minimum Gasteiger partial charge on any atom is -0.294 e. The summed E-state index contributed by atoms with van der Waals surface area (Å²) in [5.41, 5.74) is 5.12. The third-order valence-electron chi connectivity index (χ3n) is 4.12. The molecule has 0 atom stereocenters. The average molecular weight is 326 g/mol. The molecule has 1 aromatic heterocycles. The number of para-hydroxylation sites is 1. The maximum atomic E-state index is 12.8. The molecule has 2 aromatic rings. The molecule has 0 bridgehead atoms. The number of hydrazone groups is 1. The number of aromatic nitrogens is 2. The number of H-pyrrole nitrogens is 1. The van der Waals surface area contributed by atoms with Crippen LogP contribution in [-0.4, -0.2) is 21.4 Å². The van der Waals surface area contributed by atoms with E-state index in [1.54, 1.807) is 6.92 Å². The first kappa shape index (κ1) is 16.2. The van der Waals surface area contributed by atoms with Crippen LogP contribution in [0.4, 0.5) is 0 Å². The highest BCUT2D eigenvalue weighted by Crippen LogP contribution is 2.28. The summed E-state index contributed by atoms with van der Waals surface area (Å²) in [5.74, 6) is 0.0224. The second-order valence-corrected chi connectivity index (χ2v) is 6.14. The van der Waals surface area contributed by atoms with Crippen LogP contribution in [-0.2, 0) is 11.2 Å². The molecule has 0 spiro atoms. The van der Waals surface area contributed by atoms with E-state index in [2.05, 4.69) is 22.5 Å². The zero-order valence-electron chi connectivity index (χ0n) is 14.0. The van der Waals surface area contributed by atoms with E-state index in [1.165, 1.54) is 4.68 Å². The predicted octanol–water partition coefficient (Wildman–Crippen LogP) is 2.37. The van der Waals surface area contributed by atoms with Crippen LogP contribution in [0.5, 0.6) is 0 Å². The van der Waals surface area contributed by atoms with Crippen LogP contribution in [0, 0.1) is 5.92 Å². The Morgan fingerprint density at radius 2 is 2.04 bits per heavy atom. The lowest BCUT2D eigenvalue weighted by Crippen LogP contribution is -2.24. The van der Waals surface area contributed by atoms with Crippen LogP contribution in [0.2, 0.25) is 0 Å². The second-order valence-electron chi connectivity index (χ2n) is 6.14. The largest absolute Gasteiger partial charge is 0.294 e. The van der Waals surface area contributed by atoms with Crippen LogP contribution < -0.4 is 11.0 Å². The topological polar surface area (TPSA) is 79.2 Å². The summed E-state index contributed by atoms with van der Waals surface area (Å²) in [4.78, 5) is 24.6. The molecular weight excluding hydrogens is 304 g/mol. The van der Waals surface area contributed by atoms with E-state index in [0.717, 1.165) is 37.1 Å². The Balaban J connectivity index is 1.96. The number of aromatic amines is 1. The third-order valence-corrected chi connectivity index (χ3v) is 4.12. The van der Waals surface area contributed by atoms with Crippen molar-refractivity contribution in [1.29, 1.82) is 0 Å². The summed E-state index contributed by atoms with van der Waals surface area (Å²) in [6.07, 6.45) is 3.50. The molecule has 3 rings (SSSR count). The van der Waals surface area contributed by atoms with Crippen LogP contribution in [0.3, 0.4) is 0 Å². The number of hydrogen-bond acceptors (Lipinski definition) is 3. The lowest BCUT2D eigenvalue weighted by atomic mass is 10.1. The molecular formula is C18H22N4O2. The van der Waals surface area contributed by atoms with Gasteiger partial charge in [-0.1, -0.05) is 31.5 Å². The number of aryl methyl sites for hydroxylation is 1. The standard InChI is InChI=1S/C18H22N4O2/c1-3-7-15-16(12(2)19-20-17(23)13-10-11-13)18(24)22(21-15)14-8-5-4-6-9-14/h4-6,8-9,13,21H,3,7,10-11H2,1-2H3,(H,20,23). The molecule has 1 amide bonds. The van der Waals surface area contributed by atoms with Crippen molar-refractivity contribution < 1.29 is 4.79 Å². The van der Waals surface area contributed by atoms with Crippen molar-refractivity contribution in [3.8, 4) is 5.69 Å². The van der Waals surface area contributed by atoms with Gasteiger partial charge in [-0.2, -0.15) is 5.10 Å². The molecule has 1 aliphatic rings. The van der Waals surface area contributed by atoms with Gasteiger partial charge in [-0.15, -0.1) is 0 Å². The van der Waals surface area contributed by atoms with Crippen molar-refractivity contribution in [1.82, 2.24) is 15.2 Å². The molecule has 2 N–H and O–H groups in total. The quantitative estimate of drug-likeness (QED) is 0.631. The van der Waals surface area contributed by atoms with Gasteiger partial charge in [-0.3, -0.25) is 14.7 Å². The van der Waals surface area contributed by atoms with Crippen molar-refractivity contribution in [2.45, 2.75) is 39.5 Å². The number of nitrogens with one attached hydrogen (secondary N) is 2. The second kappa shape index (κ2) is 6.86. The van der Waals surface area contributed by atoms with Gasteiger partial charge in [0, 0.05) is 11.6 Å². The predicted molar refractivity (Wildman–Crippen MR) is 93.5 cm³/mol. The monoisotopic (exact) mass is 326 g/mol. The Kier molecular flexibility index (Phi) is 4.64. The summed E-state index contributed by atoms with van der Waals surface area (Å²) in [6.45, 7) is 3.82. The molecule has 1 fully saturated rings. The first-order chi connectivity index (χ1) is 11.6. The Morgan fingerprint density at radius 3 is 2.67 bits per heavy atom. The van der Waals surface area contributed by atoms with E-state index in [9.17, 15) is 9.59 Å². The zero-order valence-corrected chi connectivity index (χ0v) is 14.0. The molecule has 126 valence electrons. The molecule has 6 heteroatoms. The molecule has 1 aromatic carbocycles.